The lowest BCUT2D eigenvalue weighted by Gasteiger charge is -2.19. The molecule has 1 heterocycles. The summed E-state index contributed by atoms with van der Waals surface area (Å²) in [5, 5.41) is 4.64. The molecule has 0 radical (unpaired) electrons. The number of benzene rings is 1. The number of rotatable bonds is 6. The van der Waals surface area contributed by atoms with Gasteiger partial charge in [0, 0.05) is 17.2 Å². The highest BCUT2D eigenvalue weighted by atomic mass is 35.5. The Morgan fingerprint density at radius 3 is 2.90 bits per heavy atom. The smallest absolute Gasteiger partial charge is 0.258 e. The van der Waals surface area contributed by atoms with Gasteiger partial charge in [-0.1, -0.05) is 29.7 Å². The third-order valence-electron chi connectivity index (χ3n) is 3.19. The monoisotopic (exact) mass is 309 g/mol. The molecule has 0 bridgehead atoms. The van der Waals surface area contributed by atoms with Crippen LogP contribution in [0.15, 0.2) is 22.7 Å². The first kappa shape index (κ1) is 15.9. The predicted octanol–water partition coefficient (Wildman–Crippen LogP) is 3.30. The molecule has 0 spiro atoms. The topological polar surface area (TPSA) is 74.2 Å². The Bertz CT molecular complexity index is 611. The van der Waals surface area contributed by atoms with Gasteiger partial charge in [0.2, 0.25) is 0 Å². The Hall–Kier alpha value is -1.43. The molecule has 1 aromatic heterocycles. The average molecular weight is 310 g/mol. The highest BCUT2D eigenvalue weighted by molar-refractivity contribution is 6.31. The lowest BCUT2D eigenvalue weighted by atomic mass is 10.0. The highest BCUT2D eigenvalue weighted by Gasteiger charge is 2.28. The SMILES string of the molecule is CCCOCC(C)(N)c1noc(-c2cccc(Cl)c2C)n1. The van der Waals surface area contributed by atoms with Gasteiger partial charge in [0.1, 0.15) is 5.54 Å². The third kappa shape index (κ3) is 3.61. The van der Waals surface area contributed by atoms with Crippen LogP contribution >= 0.6 is 11.6 Å². The largest absolute Gasteiger partial charge is 0.379 e. The van der Waals surface area contributed by atoms with Crippen LogP contribution in [0.2, 0.25) is 5.02 Å². The Kier molecular flexibility index (Phi) is 4.98. The maximum atomic E-state index is 6.20. The van der Waals surface area contributed by atoms with Crippen molar-refractivity contribution in [3.8, 4) is 11.5 Å². The molecule has 21 heavy (non-hydrogen) atoms. The Balaban J connectivity index is 2.23. The number of aromatic nitrogens is 2. The zero-order valence-electron chi connectivity index (χ0n) is 12.5. The summed E-state index contributed by atoms with van der Waals surface area (Å²) in [7, 11) is 0. The van der Waals surface area contributed by atoms with Gasteiger partial charge in [-0.05, 0) is 38.0 Å². The summed E-state index contributed by atoms with van der Waals surface area (Å²) in [4.78, 5) is 4.39. The van der Waals surface area contributed by atoms with Crippen molar-refractivity contribution in [3.05, 3.63) is 34.6 Å². The van der Waals surface area contributed by atoms with Crippen LogP contribution in [0.1, 0.15) is 31.7 Å². The summed E-state index contributed by atoms with van der Waals surface area (Å²) in [6.45, 7) is 6.77. The van der Waals surface area contributed by atoms with E-state index < -0.39 is 5.54 Å². The number of hydrogen-bond donors (Lipinski definition) is 1. The van der Waals surface area contributed by atoms with Crippen LogP contribution in [0.4, 0.5) is 0 Å². The lowest BCUT2D eigenvalue weighted by molar-refractivity contribution is 0.0867. The average Bonchev–Trinajstić information content (AvgIpc) is 2.92. The molecule has 0 aliphatic rings. The fraction of sp³-hybridized carbons (Fsp3) is 0.467. The van der Waals surface area contributed by atoms with Gasteiger partial charge in [0.15, 0.2) is 5.82 Å². The summed E-state index contributed by atoms with van der Waals surface area (Å²) >= 11 is 6.11. The Labute approximate surface area is 129 Å². The number of nitrogens with two attached hydrogens (primary N) is 1. The number of halogens is 1. The van der Waals surface area contributed by atoms with E-state index in [1.54, 1.807) is 0 Å². The molecular weight excluding hydrogens is 290 g/mol. The van der Waals surface area contributed by atoms with Crippen molar-refractivity contribution in [2.24, 2.45) is 5.73 Å². The van der Waals surface area contributed by atoms with Crippen LogP contribution < -0.4 is 5.73 Å². The van der Waals surface area contributed by atoms with Crippen LogP contribution in [0.25, 0.3) is 11.5 Å². The first-order chi connectivity index (χ1) is 9.95. The van der Waals surface area contributed by atoms with Crippen molar-refractivity contribution < 1.29 is 9.26 Å². The zero-order valence-corrected chi connectivity index (χ0v) is 13.3. The third-order valence-corrected chi connectivity index (χ3v) is 3.59. The molecular formula is C15H20ClN3O2. The normalized spacial score (nSPS) is 14.1. The van der Waals surface area contributed by atoms with Crippen LogP contribution in [-0.2, 0) is 10.3 Å². The number of nitrogens with zero attached hydrogens (tertiary/aromatic N) is 2. The van der Waals surface area contributed by atoms with E-state index in [1.807, 2.05) is 39.0 Å². The molecule has 5 nitrogen and oxygen atoms in total. The minimum Gasteiger partial charge on any atom is -0.379 e. The summed E-state index contributed by atoms with van der Waals surface area (Å²) in [5.74, 6) is 0.838. The molecule has 2 N–H and O–H groups in total. The van der Waals surface area contributed by atoms with Crippen molar-refractivity contribution in [1.82, 2.24) is 10.1 Å². The number of hydrogen-bond acceptors (Lipinski definition) is 5. The Morgan fingerprint density at radius 1 is 1.43 bits per heavy atom. The molecule has 2 aromatic rings. The fourth-order valence-electron chi connectivity index (χ4n) is 1.90. The molecule has 0 saturated heterocycles. The van der Waals surface area contributed by atoms with E-state index in [2.05, 4.69) is 10.1 Å². The molecule has 6 heteroatoms. The lowest BCUT2D eigenvalue weighted by Crippen LogP contribution is -2.39. The quantitative estimate of drug-likeness (QED) is 0.829. The van der Waals surface area contributed by atoms with Gasteiger partial charge in [-0.3, -0.25) is 0 Å². The van der Waals surface area contributed by atoms with E-state index in [1.165, 1.54) is 0 Å². The molecule has 1 aromatic carbocycles. The molecule has 2 rings (SSSR count). The summed E-state index contributed by atoms with van der Waals surface area (Å²) in [5.41, 5.74) is 7.12. The maximum absolute atomic E-state index is 6.20. The standard InChI is InChI=1S/C15H20ClN3O2/c1-4-8-20-9-15(3,17)14-18-13(21-19-14)11-6-5-7-12(16)10(11)2/h5-7H,4,8-9,17H2,1-3H3. The van der Waals surface area contributed by atoms with Crippen molar-refractivity contribution in [1.29, 1.82) is 0 Å². The van der Waals surface area contributed by atoms with Gasteiger partial charge in [0.05, 0.1) is 6.61 Å². The van der Waals surface area contributed by atoms with E-state index in [0.717, 1.165) is 17.5 Å². The van der Waals surface area contributed by atoms with E-state index in [4.69, 9.17) is 26.6 Å². The van der Waals surface area contributed by atoms with Gasteiger partial charge in [-0.2, -0.15) is 4.98 Å². The van der Waals surface area contributed by atoms with Gasteiger partial charge < -0.3 is 15.0 Å². The molecule has 0 saturated carbocycles. The molecule has 0 aliphatic carbocycles. The van der Waals surface area contributed by atoms with Crippen molar-refractivity contribution in [2.75, 3.05) is 13.2 Å². The second kappa shape index (κ2) is 6.56. The van der Waals surface area contributed by atoms with E-state index in [-0.39, 0.29) is 0 Å². The van der Waals surface area contributed by atoms with E-state index >= 15 is 0 Å². The second-order valence-corrected chi connectivity index (χ2v) is 5.71. The fourth-order valence-corrected chi connectivity index (χ4v) is 2.07. The van der Waals surface area contributed by atoms with Crippen molar-refractivity contribution in [3.63, 3.8) is 0 Å². The summed E-state index contributed by atoms with van der Waals surface area (Å²) < 4.78 is 10.8. The second-order valence-electron chi connectivity index (χ2n) is 5.31. The van der Waals surface area contributed by atoms with Crippen LogP contribution in [0.3, 0.4) is 0 Å². The van der Waals surface area contributed by atoms with Crippen molar-refractivity contribution in [2.45, 2.75) is 32.7 Å². The molecule has 0 aliphatic heterocycles. The number of ether oxygens (including phenoxy) is 1. The predicted molar refractivity (Wildman–Crippen MR) is 82.1 cm³/mol. The maximum Gasteiger partial charge on any atom is 0.258 e. The highest BCUT2D eigenvalue weighted by Crippen LogP contribution is 2.28. The van der Waals surface area contributed by atoms with Gasteiger partial charge in [0.25, 0.3) is 5.89 Å². The molecule has 1 unspecified atom stereocenters. The van der Waals surface area contributed by atoms with Crippen LogP contribution in [0.5, 0.6) is 0 Å². The minimum atomic E-state index is -0.788. The van der Waals surface area contributed by atoms with Crippen LogP contribution in [-0.4, -0.2) is 23.4 Å². The zero-order chi connectivity index (χ0) is 15.5. The first-order valence-electron chi connectivity index (χ1n) is 6.92. The Morgan fingerprint density at radius 2 is 2.19 bits per heavy atom. The molecule has 114 valence electrons. The molecule has 1 atom stereocenters. The summed E-state index contributed by atoms with van der Waals surface area (Å²) in [6.07, 6.45) is 0.940. The summed E-state index contributed by atoms with van der Waals surface area (Å²) in [6, 6.07) is 5.56. The van der Waals surface area contributed by atoms with Gasteiger partial charge in [-0.25, -0.2) is 0 Å². The van der Waals surface area contributed by atoms with E-state index in [0.29, 0.717) is 30.0 Å². The van der Waals surface area contributed by atoms with Gasteiger partial charge in [-0.15, -0.1) is 0 Å². The van der Waals surface area contributed by atoms with Gasteiger partial charge >= 0.3 is 0 Å². The first-order valence-corrected chi connectivity index (χ1v) is 7.30. The van der Waals surface area contributed by atoms with E-state index in [9.17, 15) is 0 Å². The molecule has 0 amide bonds. The minimum absolute atomic E-state index is 0.342. The molecule has 0 fully saturated rings. The van der Waals surface area contributed by atoms with Crippen LogP contribution in [0, 0.1) is 6.92 Å². The van der Waals surface area contributed by atoms with Crippen molar-refractivity contribution >= 4 is 11.6 Å².